The van der Waals surface area contributed by atoms with Crippen LogP contribution in [0.3, 0.4) is 0 Å². The molecule has 0 fully saturated rings. The van der Waals surface area contributed by atoms with Crippen LogP contribution in [0.5, 0.6) is 0 Å². The Morgan fingerprint density at radius 2 is 1.22 bits per heavy atom. The first-order valence-electron chi connectivity index (χ1n) is 12.5. The van der Waals surface area contributed by atoms with E-state index in [1.165, 1.54) is 21.7 Å². The van der Waals surface area contributed by atoms with Crippen LogP contribution in [-0.2, 0) is 5.41 Å². The lowest BCUT2D eigenvalue weighted by Gasteiger charge is -2.27. The van der Waals surface area contributed by atoms with Crippen molar-refractivity contribution in [3.05, 3.63) is 127 Å². The molecule has 0 bridgehead atoms. The summed E-state index contributed by atoms with van der Waals surface area (Å²) in [5.41, 5.74) is 6.55. The van der Waals surface area contributed by atoms with Gasteiger partial charge in [0.05, 0.1) is 5.69 Å². The van der Waals surface area contributed by atoms with E-state index < -0.39 is 0 Å². The number of fused-ring (bicyclic) bond motifs is 2. The van der Waals surface area contributed by atoms with Gasteiger partial charge in [0.2, 0.25) is 0 Å². The molecule has 0 radical (unpaired) electrons. The van der Waals surface area contributed by atoms with Gasteiger partial charge in [-0.15, -0.1) is 0 Å². The lowest BCUT2D eigenvalue weighted by Crippen LogP contribution is -2.12. The molecule has 1 heterocycles. The predicted molar refractivity (Wildman–Crippen MR) is 153 cm³/mol. The van der Waals surface area contributed by atoms with Crippen molar-refractivity contribution in [3.63, 3.8) is 0 Å². The summed E-state index contributed by atoms with van der Waals surface area (Å²) < 4.78 is 6.51. The van der Waals surface area contributed by atoms with E-state index in [0.29, 0.717) is 0 Å². The highest BCUT2D eigenvalue weighted by Gasteiger charge is 2.26. The minimum atomic E-state index is -0.0628. The maximum atomic E-state index is 6.51. The standard InChI is InChI=1S/C34H29NO/c1-34(2,3)32-29-20-9-10-22-31(29)36-33(32)25-15-11-18-27(23-25)35(26-16-5-4-6-17-26)30-21-12-14-24-13-7-8-19-28(24)30/h4-23H,1-3H3. The highest BCUT2D eigenvalue weighted by atomic mass is 16.3. The zero-order valence-corrected chi connectivity index (χ0v) is 20.9. The number of nitrogens with zero attached hydrogens (tertiary/aromatic N) is 1. The van der Waals surface area contributed by atoms with Crippen LogP contribution in [0.25, 0.3) is 33.1 Å². The summed E-state index contributed by atoms with van der Waals surface area (Å²) in [5.74, 6) is 0.941. The summed E-state index contributed by atoms with van der Waals surface area (Å²) in [4.78, 5) is 2.34. The number of para-hydroxylation sites is 2. The number of hydrogen-bond acceptors (Lipinski definition) is 2. The Kier molecular flexibility index (Phi) is 5.38. The van der Waals surface area contributed by atoms with E-state index in [2.05, 4.69) is 141 Å². The molecule has 2 nitrogen and oxygen atoms in total. The molecular weight excluding hydrogens is 438 g/mol. The molecule has 2 heteroatoms. The molecule has 6 aromatic rings. The molecule has 0 aliphatic rings. The van der Waals surface area contributed by atoms with Gasteiger partial charge in [-0.25, -0.2) is 0 Å². The molecule has 0 atom stereocenters. The molecule has 5 aromatic carbocycles. The Balaban J connectivity index is 1.58. The van der Waals surface area contributed by atoms with Crippen LogP contribution in [0.4, 0.5) is 17.1 Å². The molecule has 1 aromatic heterocycles. The average molecular weight is 468 g/mol. The van der Waals surface area contributed by atoms with Gasteiger partial charge < -0.3 is 9.32 Å². The van der Waals surface area contributed by atoms with Gasteiger partial charge >= 0.3 is 0 Å². The van der Waals surface area contributed by atoms with Gasteiger partial charge in [0.15, 0.2) is 0 Å². The second-order valence-corrected chi connectivity index (χ2v) is 10.3. The molecule has 0 saturated heterocycles. The summed E-state index contributed by atoms with van der Waals surface area (Å²) in [5, 5.41) is 3.62. The maximum Gasteiger partial charge on any atom is 0.139 e. The normalized spacial score (nSPS) is 11.8. The van der Waals surface area contributed by atoms with Gasteiger partial charge in [-0.1, -0.05) is 106 Å². The third-order valence-electron chi connectivity index (χ3n) is 6.73. The van der Waals surface area contributed by atoms with E-state index in [9.17, 15) is 0 Å². The Hall–Kier alpha value is -4.30. The van der Waals surface area contributed by atoms with E-state index in [1.54, 1.807) is 0 Å². The maximum absolute atomic E-state index is 6.51. The second kappa shape index (κ2) is 8.73. The van der Waals surface area contributed by atoms with Gasteiger partial charge in [-0.2, -0.15) is 0 Å². The molecule has 0 saturated carbocycles. The molecule has 0 amide bonds. The minimum absolute atomic E-state index is 0.0628. The fourth-order valence-corrected chi connectivity index (χ4v) is 5.19. The first kappa shape index (κ1) is 22.2. The third-order valence-corrected chi connectivity index (χ3v) is 6.73. The molecule has 6 rings (SSSR count). The Morgan fingerprint density at radius 3 is 2.03 bits per heavy atom. The Bertz CT molecular complexity index is 1670. The van der Waals surface area contributed by atoms with E-state index in [4.69, 9.17) is 4.42 Å². The van der Waals surface area contributed by atoms with Crippen molar-refractivity contribution in [2.45, 2.75) is 26.2 Å². The lowest BCUT2D eigenvalue weighted by atomic mass is 9.83. The van der Waals surface area contributed by atoms with Crippen LogP contribution in [0.2, 0.25) is 0 Å². The monoisotopic (exact) mass is 467 g/mol. The summed E-state index contributed by atoms with van der Waals surface area (Å²) in [6, 6.07) is 42.7. The van der Waals surface area contributed by atoms with Crippen molar-refractivity contribution in [1.29, 1.82) is 0 Å². The number of benzene rings is 5. The quantitative estimate of drug-likeness (QED) is 0.256. The van der Waals surface area contributed by atoms with Crippen LogP contribution < -0.4 is 4.90 Å². The Morgan fingerprint density at radius 1 is 0.583 bits per heavy atom. The summed E-state index contributed by atoms with van der Waals surface area (Å²) in [6.45, 7) is 6.76. The van der Waals surface area contributed by atoms with Crippen molar-refractivity contribution in [2.75, 3.05) is 4.90 Å². The fourth-order valence-electron chi connectivity index (χ4n) is 5.19. The number of hydrogen-bond donors (Lipinski definition) is 0. The van der Waals surface area contributed by atoms with Crippen molar-refractivity contribution in [2.24, 2.45) is 0 Å². The van der Waals surface area contributed by atoms with Gasteiger partial charge in [0.25, 0.3) is 0 Å². The van der Waals surface area contributed by atoms with Crippen LogP contribution in [0, 0.1) is 0 Å². The van der Waals surface area contributed by atoms with Crippen LogP contribution in [0.1, 0.15) is 26.3 Å². The smallest absolute Gasteiger partial charge is 0.139 e. The molecule has 0 aliphatic carbocycles. The molecule has 0 spiro atoms. The fraction of sp³-hybridized carbons (Fsp3) is 0.118. The van der Waals surface area contributed by atoms with E-state index in [-0.39, 0.29) is 5.41 Å². The second-order valence-electron chi connectivity index (χ2n) is 10.3. The van der Waals surface area contributed by atoms with Gasteiger partial charge in [0.1, 0.15) is 11.3 Å². The average Bonchev–Trinajstić information content (AvgIpc) is 3.30. The number of furan rings is 1. The first-order chi connectivity index (χ1) is 17.5. The molecule has 176 valence electrons. The first-order valence-corrected chi connectivity index (χ1v) is 12.5. The van der Waals surface area contributed by atoms with E-state index >= 15 is 0 Å². The van der Waals surface area contributed by atoms with Crippen molar-refractivity contribution in [1.82, 2.24) is 0 Å². The highest BCUT2D eigenvalue weighted by molar-refractivity contribution is 5.99. The number of anilines is 3. The largest absolute Gasteiger partial charge is 0.456 e. The van der Waals surface area contributed by atoms with Gasteiger partial charge in [-0.05, 0) is 47.2 Å². The topological polar surface area (TPSA) is 16.4 Å². The van der Waals surface area contributed by atoms with Crippen LogP contribution >= 0.6 is 0 Å². The Labute approximate surface area is 212 Å². The van der Waals surface area contributed by atoms with Crippen molar-refractivity contribution in [3.8, 4) is 11.3 Å². The molecule has 36 heavy (non-hydrogen) atoms. The summed E-state index contributed by atoms with van der Waals surface area (Å²) >= 11 is 0. The SMILES string of the molecule is CC(C)(C)c1c(-c2cccc(N(c3ccccc3)c3cccc4ccccc34)c2)oc2ccccc12. The van der Waals surface area contributed by atoms with Crippen LogP contribution in [0.15, 0.2) is 126 Å². The molecule has 0 aliphatic heterocycles. The zero-order valence-electron chi connectivity index (χ0n) is 20.9. The highest BCUT2D eigenvalue weighted by Crippen LogP contribution is 2.44. The lowest BCUT2D eigenvalue weighted by molar-refractivity contribution is 0.568. The van der Waals surface area contributed by atoms with E-state index in [1.807, 2.05) is 6.07 Å². The third kappa shape index (κ3) is 3.85. The zero-order chi connectivity index (χ0) is 24.7. The van der Waals surface area contributed by atoms with Crippen LogP contribution in [-0.4, -0.2) is 0 Å². The molecule has 0 unspecified atom stereocenters. The molecule has 0 N–H and O–H groups in total. The van der Waals surface area contributed by atoms with Gasteiger partial charge in [0, 0.05) is 33.3 Å². The minimum Gasteiger partial charge on any atom is -0.456 e. The summed E-state index contributed by atoms with van der Waals surface area (Å²) in [7, 11) is 0. The van der Waals surface area contributed by atoms with Crippen molar-refractivity contribution < 1.29 is 4.42 Å². The predicted octanol–water partition coefficient (Wildman–Crippen LogP) is 10.0. The summed E-state index contributed by atoms with van der Waals surface area (Å²) in [6.07, 6.45) is 0. The van der Waals surface area contributed by atoms with Gasteiger partial charge in [-0.3, -0.25) is 0 Å². The number of rotatable bonds is 4. The van der Waals surface area contributed by atoms with Crippen molar-refractivity contribution >= 4 is 38.8 Å². The van der Waals surface area contributed by atoms with E-state index in [0.717, 1.165) is 34.0 Å². The molecular formula is C34H29NO.